The number of ether oxygens (including phenoxy) is 1. The molecule has 0 saturated heterocycles. The fourth-order valence-electron chi connectivity index (χ4n) is 2.56. The van der Waals surface area contributed by atoms with Gasteiger partial charge in [-0.3, -0.25) is 4.57 Å². The van der Waals surface area contributed by atoms with Gasteiger partial charge < -0.3 is 4.74 Å². The minimum absolute atomic E-state index is 0.0968. The molecule has 0 atom stereocenters. The fraction of sp³-hybridized carbons (Fsp3) is 0.467. The van der Waals surface area contributed by atoms with Gasteiger partial charge in [0.05, 0.1) is 7.11 Å². The fourth-order valence-corrected chi connectivity index (χ4v) is 2.56. The molecule has 0 bridgehead atoms. The van der Waals surface area contributed by atoms with Crippen LogP contribution >= 0.6 is 0 Å². The zero-order chi connectivity index (χ0) is 13.9. The van der Waals surface area contributed by atoms with Crippen LogP contribution in [0.15, 0.2) is 29.1 Å². The van der Waals surface area contributed by atoms with E-state index in [1.807, 2.05) is 24.3 Å². The first kappa shape index (κ1) is 13.0. The van der Waals surface area contributed by atoms with Crippen LogP contribution in [-0.2, 0) is 13.0 Å². The average molecular weight is 273 g/mol. The molecule has 106 valence electrons. The van der Waals surface area contributed by atoms with E-state index in [1.165, 1.54) is 12.0 Å². The summed E-state index contributed by atoms with van der Waals surface area (Å²) in [7, 11) is 1.66. The number of aromatic amines is 1. The predicted octanol–water partition coefficient (Wildman–Crippen LogP) is 2.09. The summed E-state index contributed by atoms with van der Waals surface area (Å²) < 4.78 is 6.93. The first-order chi connectivity index (χ1) is 9.78. The smallest absolute Gasteiger partial charge is 0.343 e. The van der Waals surface area contributed by atoms with Gasteiger partial charge in [0.15, 0.2) is 0 Å². The van der Waals surface area contributed by atoms with Crippen molar-refractivity contribution in [2.45, 2.75) is 38.1 Å². The summed E-state index contributed by atoms with van der Waals surface area (Å²) >= 11 is 0. The third-order valence-electron chi connectivity index (χ3n) is 4.04. The molecular formula is C15H19N3O2. The molecule has 0 aliphatic heterocycles. The van der Waals surface area contributed by atoms with Gasteiger partial charge in [0.1, 0.15) is 11.6 Å². The van der Waals surface area contributed by atoms with Gasteiger partial charge in [0.25, 0.3) is 0 Å². The molecule has 5 nitrogen and oxygen atoms in total. The number of rotatable bonds is 5. The molecule has 0 amide bonds. The number of hydrogen-bond acceptors (Lipinski definition) is 3. The van der Waals surface area contributed by atoms with E-state index in [0.717, 1.165) is 30.8 Å². The summed E-state index contributed by atoms with van der Waals surface area (Å²) in [5.74, 6) is 2.24. The van der Waals surface area contributed by atoms with Gasteiger partial charge >= 0.3 is 5.69 Å². The van der Waals surface area contributed by atoms with Crippen LogP contribution in [0.25, 0.3) is 0 Å². The standard InChI is InChI=1S/C15H19N3O2/c1-20-13-7-5-11(6-8-13)9-10-18-14(12-3-2-4-12)16-17-15(18)19/h5-8,12H,2-4,9-10H2,1H3,(H,17,19). The Labute approximate surface area is 117 Å². The number of nitrogens with one attached hydrogen (secondary N) is 1. The molecule has 1 aliphatic carbocycles. The first-order valence-corrected chi connectivity index (χ1v) is 7.06. The molecule has 0 unspecified atom stereocenters. The third-order valence-corrected chi connectivity index (χ3v) is 4.04. The van der Waals surface area contributed by atoms with Crippen molar-refractivity contribution < 1.29 is 4.74 Å². The summed E-state index contributed by atoms with van der Waals surface area (Å²) in [5.41, 5.74) is 1.10. The maximum atomic E-state index is 11.8. The van der Waals surface area contributed by atoms with Crippen LogP contribution in [-0.4, -0.2) is 21.9 Å². The van der Waals surface area contributed by atoms with Crippen molar-refractivity contribution in [3.63, 3.8) is 0 Å². The number of aromatic nitrogens is 3. The molecule has 1 N–H and O–H groups in total. The lowest BCUT2D eigenvalue weighted by atomic mass is 9.85. The molecule has 2 aromatic rings. The van der Waals surface area contributed by atoms with Crippen LogP contribution in [0.1, 0.15) is 36.6 Å². The van der Waals surface area contributed by atoms with Crippen LogP contribution < -0.4 is 10.4 Å². The second kappa shape index (κ2) is 5.53. The van der Waals surface area contributed by atoms with Crippen molar-refractivity contribution in [2.24, 2.45) is 0 Å². The van der Waals surface area contributed by atoms with Crippen LogP contribution in [0.3, 0.4) is 0 Å². The Morgan fingerprint density at radius 1 is 1.35 bits per heavy atom. The van der Waals surface area contributed by atoms with Gasteiger partial charge in [-0.1, -0.05) is 18.6 Å². The van der Waals surface area contributed by atoms with Crippen molar-refractivity contribution in [1.82, 2.24) is 14.8 Å². The minimum atomic E-state index is -0.0968. The molecule has 0 spiro atoms. The number of methoxy groups -OCH3 is 1. The van der Waals surface area contributed by atoms with Crippen LogP contribution in [0.5, 0.6) is 5.75 Å². The quantitative estimate of drug-likeness (QED) is 0.907. The highest BCUT2D eigenvalue weighted by molar-refractivity contribution is 5.27. The number of H-pyrrole nitrogens is 1. The molecule has 3 rings (SSSR count). The maximum absolute atomic E-state index is 11.8. The van der Waals surface area contributed by atoms with Crippen molar-refractivity contribution in [1.29, 1.82) is 0 Å². The zero-order valence-electron chi connectivity index (χ0n) is 11.6. The SMILES string of the molecule is COc1ccc(CCn2c(C3CCC3)n[nH]c2=O)cc1. The van der Waals surface area contributed by atoms with Gasteiger partial charge in [0.2, 0.25) is 0 Å². The summed E-state index contributed by atoms with van der Waals surface area (Å²) in [6, 6.07) is 7.96. The Balaban J connectivity index is 1.71. The Hall–Kier alpha value is -2.04. The van der Waals surface area contributed by atoms with Gasteiger partial charge in [-0.2, -0.15) is 5.10 Å². The molecule has 0 radical (unpaired) electrons. The highest BCUT2D eigenvalue weighted by atomic mass is 16.5. The Kier molecular flexibility index (Phi) is 3.58. The second-order valence-electron chi connectivity index (χ2n) is 5.26. The molecule has 1 aromatic carbocycles. The molecule has 1 saturated carbocycles. The maximum Gasteiger partial charge on any atom is 0.343 e. The lowest BCUT2D eigenvalue weighted by molar-refractivity contribution is 0.384. The number of benzene rings is 1. The van der Waals surface area contributed by atoms with Crippen LogP contribution in [0.4, 0.5) is 0 Å². The van der Waals surface area contributed by atoms with Crippen molar-refractivity contribution in [2.75, 3.05) is 7.11 Å². The Morgan fingerprint density at radius 3 is 2.70 bits per heavy atom. The van der Waals surface area contributed by atoms with Gasteiger partial charge in [-0.05, 0) is 37.0 Å². The van der Waals surface area contributed by atoms with E-state index in [0.29, 0.717) is 12.5 Å². The lowest BCUT2D eigenvalue weighted by Crippen LogP contribution is -2.23. The molecule has 1 aliphatic rings. The molecule has 5 heteroatoms. The Morgan fingerprint density at radius 2 is 2.10 bits per heavy atom. The lowest BCUT2D eigenvalue weighted by Gasteiger charge is -2.24. The van der Waals surface area contributed by atoms with E-state index < -0.39 is 0 Å². The van der Waals surface area contributed by atoms with E-state index >= 15 is 0 Å². The van der Waals surface area contributed by atoms with E-state index in [-0.39, 0.29) is 5.69 Å². The normalized spacial score (nSPS) is 15.1. The van der Waals surface area contributed by atoms with Crippen LogP contribution in [0.2, 0.25) is 0 Å². The largest absolute Gasteiger partial charge is 0.497 e. The number of aryl methyl sites for hydroxylation is 1. The summed E-state index contributed by atoms with van der Waals surface area (Å²) in [4.78, 5) is 11.8. The van der Waals surface area contributed by atoms with Crippen molar-refractivity contribution in [3.05, 3.63) is 46.1 Å². The van der Waals surface area contributed by atoms with E-state index in [9.17, 15) is 4.79 Å². The first-order valence-electron chi connectivity index (χ1n) is 7.06. The predicted molar refractivity (Wildman–Crippen MR) is 76.1 cm³/mol. The average Bonchev–Trinajstić information content (AvgIpc) is 2.77. The number of hydrogen-bond donors (Lipinski definition) is 1. The second-order valence-corrected chi connectivity index (χ2v) is 5.26. The van der Waals surface area contributed by atoms with Crippen molar-refractivity contribution in [3.8, 4) is 5.75 Å². The molecule has 20 heavy (non-hydrogen) atoms. The zero-order valence-corrected chi connectivity index (χ0v) is 11.6. The summed E-state index contributed by atoms with van der Waals surface area (Å²) in [5, 5.41) is 6.76. The van der Waals surface area contributed by atoms with E-state index in [2.05, 4.69) is 10.2 Å². The van der Waals surface area contributed by atoms with Crippen LogP contribution in [0, 0.1) is 0 Å². The topological polar surface area (TPSA) is 59.9 Å². The molecular weight excluding hydrogens is 254 g/mol. The molecule has 1 aromatic heterocycles. The van der Waals surface area contributed by atoms with E-state index in [4.69, 9.17) is 4.74 Å². The highest BCUT2D eigenvalue weighted by Gasteiger charge is 2.25. The Bertz CT molecular complexity index is 623. The van der Waals surface area contributed by atoms with Gasteiger partial charge in [0, 0.05) is 12.5 Å². The monoisotopic (exact) mass is 273 g/mol. The summed E-state index contributed by atoms with van der Waals surface area (Å²) in [6.45, 7) is 0.674. The third kappa shape index (κ3) is 2.48. The minimum Gasteiger partial charge on any atom is -0.497 e. The number of nitrogens with zero attached hydrogens (tertiary/aromatic N) is 2. The van der Waals surface area contributed by atoms with Gasteiger partial charge in [-0.25, -0.2) is 9.89 Å². The van der Waals surface area contributed by atoms with E-state index in [1.54, 1.807) is 11.7 Å². The molecule has 1 fully saturated rings. The summed E-state index contributed by atoms with van der Waals surface area (Å²) in [6.07, 6.45) is 4.35. The van der Waals surface area contributed by atoms with Gasteiger partial charge in [-0.15, -0.1) is 0 Å². The van der Waals surface area contributed by atoms with Crippen molar-refractivity contribution >= 4 is 0 Å². The highest BCUT2D eigenvalue weighted by Crippen LogP contribution is 2.34. The molecule has 1 heterocycles.